The van der Waals surface area contributed by atoms with Gasteiger partial charge in [0.05, 0.1) is 5.75 Å². The van der Waals surface area contributed by atoms with Crippen molar-refractivity contribution in [3.05, 3.63) is 70.6 Å². The predicted molar refractivity (Wildman–Crippen MR) is 110 cm³/mol. The van der Waals surface area contributed by atoms with Gasteiger partial charge in [-0.1, -0.05) is 49.0 Å². The molecule has 0 saturated carbocycles. The number of carbonyl (C=O) groups is 1. The molecular formula is C20H22N4O3S. The summed E-state index contributed by atoms with van der Waals surface area (Å²) in [6.07, 6.45) is 0.817. The quantitative estimate of drug-likeness (QED) is 0.540. The number of anilines is 1. The first-order valence-electron chi connectivity index (χ1n) is 9.00. The maximum absolute atomic E-state index is 12.2. The van der Waals surface area contributed by atoms with Gasteiger partial charge >= 0.3 is 5.69 Å². The summed E-state index contributed by atoms with van der Waals surface area (Å²) in [6.45, 7) is 3.05. The summed E-state index contributed by atoms with van der Waals surface area (Å²) in [5, 5.41) is 9.73. The topological polar surface area (TPSA) is 89.0 Å². The Labute approximate surface area is 167 Å². The predicted octanol–water partition coefficient (Wildman–Crippen LogP) is 3.29. The summed E-state index contributed by atoms with van der Waals surface area (Å²) in [4.78, 5) is 23.8. The fourth-order valence-electron chi connectivity index (χ4n) is 2.54. The molecule has 0 radical (unpaired) electrons. The second kappa shape index (κ2) is 9.80. The van der Waals surface area contributed by atoms with Crippen molar-refractivity contribution in [2.45, 2.75) is 31.7 Å². The zero-order valence-electron chi connectivity index (χ0n) is 15.6. The van der Waals surface area contributed by atoms with Crippen LogP contribution < -0.4 is 15.7 Å². The van der Waals surface area contributed by atoms with Gasteiger partial charge in [-0.3, -0.25) is 9.36 Å². The molecule has 0 unspecified atom stereocenters. The Morgan fingerprint density at radius 2 is 1.93 bits per heavy atom. The highest BCUT2D eigenvalue weighted by Gasteiger charge is 2.11. The SMILES string of the molecule is CCCn1c(SCC(=O)Nc2ccc(OCc3ccccc3)cc2)n[nH]c1=O. The van der Waals surface area contributed by atoms with Gasteiger partial charge in [0.25, 0.3) is 0 Å². The van der Waals surface area contributed by atoms with E-state index in [1.807, 2.05) is 49.4 Å². The van der Waals surface area contributed by atoms with Crippen molar-refractivity contribution in [3.8, 4) is 5.75 Å². The molecule has 2 aromatic carbocycles. The van der Waals surface area contributed by atoms with Gasteiger partial charge in [0, 0.05) is 12.2 Å². The van der Waals surface area contributed by atoms with Crippen LogP contribution in [0, 0.1) is 0 Å². The Morgan fingerprint density at radius 1 is 1.18 bits per heavy atom. The van der Waals surface area contributed by atoms with Crippen LogP contribution in [-0.2, 0) is 17.9 Å². The van der Waals surface area contributed by atoms with Crippen molar-refractivity contribution < 1.29 is 9.53 Å². The number of aromatic amines is 1. The van der Waals surface area contributed by atoms with E-state index >= 15 is 0 Å². The third-order valence-corrected chi connectivity index (χ3v) is 4.87. The van der Waals surface area contributed by atoms with Crippen molar-refractivity contribution in [3.63, 3.8) is 0 Å². The number of carbonyl (C=O) groups excluding carboxylic acids is 1. The average molecular weight is 398 g/mol. The molecule has 0 spiro atoms. The molecule has 3 aromatic rings. The number of hydrogen-bond donors (Lipinski definition) is 2. The highest BCUT2D eigenvalue weighted by Crippen LogP contribution is 2.18. The molecular weight excluding hydrogens is 376 g/mol. The van der Waals surface area contributed by atoms with E-state index in [1.54, 1.807) is 12.1 Å². The summed E-state index contributed by atoms with van der Waals surface area (Å²) < 4.78 is 7.27. The second-order valence-electron chi connectivity index (χ2n) is 6.10. The lowest BCUT2D eigenvalue weighted by Crippen LogP contribution is -2.18. The minimum atomic E-state index is -0.254. The van der Waals surface area contributed by atoms with Crippen molar-refractivity contribution >= 4 is 23.4 Å². The minimum absolute atomic E-state index is 0.165. The molecule has 28 heavy (non-hydrogen) atoms. The van der Waals surface area contributed by atoms with E-state index in [2.05, 4.69) is 15.5 Å². The molecule has 146 valence electrons. The van der Waals surface area contributed by atoms with Crippen molar-refractivity contribution in [2.24, 2.45) is 0 Å². The molecule has 0 aliphatic carbocycles. The number of rotatable bonds is 9. The van der Waals surface area contributed by atoms with Gasteiger partial charge in [0.1, 0.15) is 12.4 Å². The fraction of sp³-hybridized carbons (Fsp3) is 0.250. The molecule has 0 fully saturated rings. The number of benzene rings is 2. The first-order chi connectivity index (χ1) is 13.7. The summed E-state index contributed by atoms with van der Waals surface area (Å²) in [6, 6.07) is 17.1. The van der Waals surface area contributed by atoms with E-state index in [0.29, 0.717) is 24.0 Å². The van der Waals surface area contributed by atoms with Crippen LogP contribution in [0.1, 0.15) is 18.9 Å². The largest absolute Gasteiger partial charge is 0.489 e. The summed E-state index contributed by atoms with van der Waals surface area (Å²) in [5.74, 6) is 0.734. The third kappa shape index (κ3) is 5.50. The normalized spacial score (nSPS) is 10.6. The number of hydrogen-bond acceptors (Lipinski definition) is 5. The van der Waals surface area contributed by atoms with Gasteiger partial charge in [-0.05, 0) is 36.2 Å². The van der Waals surface area contributed by atoms with Gasteiger partial charge in [-0.15, -0.1) is 5.10 Å². The molecule has 0 aliphatic heterocycles. The van der Waals surface area contributed by atoms with Gasteiger partial charge in [0.15, 0.2) is 5.16 Å². The van der Waals surface area contributed by atoms with E-state index < -0.39 is 0 Å². The monoisotopic (exact) mass is 398 g/mol. The van der Waals surface area contributed by atoms with Crippen LogP contribution in [0.25, 0.3) is 0 Å². The van der Waals surface area contributed by atoms with E-state index in [-0.39, 0.29) is 17.3 Å². The molecule has 1 aromatic heterocycles. The van der Waals surface area contributed by atoms with Gasteiger partial charge < -0.3 is 10.1 Å². The molecule has 3 rings (SSSR count). The molecule has 0 bridgehead atoms. The Bertz CT molecular complexity index is 952. The average Bonchev–Trinajstić information content (AvgIpc) is 3.07. The molecule has 1 heterocycles. The zero-order valence-corrected chi connectivity index (χ0v) is 16.4. The zero-order chi connectivity index (χ0) is 19.8. The molecule has 8 heteroatoms. The Morgan fingerprint density at radius 3 is 2.64 bits per heavy atom. The number of H-pyrrole nitrogens is 1. The van der Waals surface area contributed by atoms with Gasteiger partial charge in [-0.2, -0.15) is 0 Å². The van der Waals surface area contributed by atoms with Gasteiger partial charge in [-0.25, -0.2) is 9.89 Å². The van der Waals surface area contributed by atoms with Crippen LogP contribution in [0.4, 0.5) is 5.69 Å². The standard InChI is InChI=1S/C20H22N4O3S/c1-2-12-24-19(26)22-23-20(24)28-14-18(25)21-16-8-10-17(11-9-16)27-13-15-6-4-3-5-7-15/h3-11H,2,12-14H2,1H3,(H,21,25)(H,22,26). The van der Waals surface area contributed by atoms with Crippen molar-refractivity contribution in [1.29, 1.82) is 0 Å². The first kappa shape index (κ1) is 19.8. The lowest BCUT2D eigenvalue weighted by atomic mass is 10.2. The van der Waals surface area contributed by atoms with Crippen LogP contribution in [0.5, 0.6) is 5.75 Å². The third-order valence-electron chi connectivity index (χ3n) is 3.89. The van der Waals surface area contributed by atoms with Crippen LogP contribution in [0.15, 0.2) is 64.5 Å². The van der Waals surface area contributed by atoms with E-state index in [4.69, 9.17) is 4.74 Å². The maximum atomic E-state index is 12.2. The number of nitrogens with zero attached hydrogens (tertiary/aromatic N) is 2. The molecule has 2 N–H and O–H groups in total. The summed E-state index contributed by atoms with van der Waals surface area (Å²) in [7, 11) is 0. The smallest absolute Gasteiger partial charge is 0.343 e. The first-order valence-corrected chi connectivity index (χ1v) is 9.99. The van der Waals surface area contributed by atoms with Crippen molar-refractivity contribution in [1.82, 2.24) is 14.8 Å². The molecule has 7 nitrogen and oxygen atoms in total. The maximum Gasteiger partial charge on any atom is 0.343 e. The highest BCUT2D eigenvalue weighted by atomic mass is 32.2. The van der Waals surface area contributed by atoms with Crippen LogP contribution in [-0.4, -0.2) is 26.4 Å². The second-order valence-corrected chi connectivity index (χ2v) is 7.04. The highest BCUT2D eigenvalue weighted by molar-refractivity contribution is 7.99. The van der Waals surface area contributed by atoms with E-state index in [1.165, 1.54) is 16.3 Å². The number of amides is 1. The van der Waals surface area contributed by atoms with E-state index in [0.717, 1.165) is 17.7 Å². The Kier molecular flexibility index (Phi) is 6.91. The van der Waals surface area contributed by atoms with E-state index in [9.17, 15) is 9.59 Å². The molecule has 0 saturated heterocycles. The summed E-state index contributed by atoms with van der Waals surface area (Å²) in [5.41, 5.74) is 1.53. The van der Waals surface area contributed by atoms with Crippen molar-refractivity contribution in [2.75, 3.05) is 11.1 Å². The molecule has 0 aliphatic rings. The number of aromatic nitrogens is 3. The molecule has 1 amide bonds. The number of thioether (sulfide) groups is 1. The van der Waals surface area contributed by atoms with Crippen LogP contribution in [0.2, 0.25) is 0 Å². The van der Waals surface area contributed by atoms with Gasteiger partial charge in [0.2, 0.25) is 5.91 Å². The number of nitrogens with one attached hydrogen (secondary N) is 2. The van der Waals surface area contributed by atoms with Crippen LogP contribution >= 0.6 is 11.8 Å². The lowest BCUT2D eigenvalue weighted by molar-refractivity contribution is -0.113. The Hall–Kier alpha value is -3.00. The molecule has 0 atom stereocenters. The fourth-order valence-corrected chi connectivity index (χ4v) is 3.31. The number of ether oxygens (including phenoxy) is 1. The Balaban J connectivity index is 1.48. The summed E-state index contributed by atoms with van der Waals surface area (Å²) >= 11 is 1.23. The minimum Gasteiger partial charge on any atom is -0.489 e. The lowest BCUT2D eigenvalue weighted by Gasteiger charge is -2.08. The van der Waals surface area contributed by atoms with Crippen LogP contribution in [0.3, 0.4) is 0 Å².